The third-order valence-corrected chi connectivity index (χ3v) is 4.18. The highest BCUT2D eigenvalue weighted by atomic mass is 127. The molecule has 1 aromatic heterocycles. The maximum absolute atomic E-state index is 11.9. The van der Waals surface area contributed by atoms with E-state index in [0.29, 0.717) is 6.54 Å². The highest BCUT2D eigenvalue weighted by Crippen LogP contribution is 2.40. The molecule has 0 saturated heterocycles. The Labute approximate surface area is 109 Å². The van der Waals surface area contributed by atoms with E-state index in [4.69, 9.17) is 0 Å². The summed E-state index contributed by atoms with van der Waals surface area (Å²) in [4.78, 5) is 11.9. The smallest absolute Gasteiger partial charge is 0.226 e. The van der Waals surface area contributed by atoms with Gasteiger partial charge in [0.15, 0.2) is 0 Å². The van der Waals surface area contributed by atoms with Crippen LogP contribution in [0, 0.1) is 8.99 Å². The fourth-order valence-corrected chi connectivity index (χ4v) is 2.64. The van der Waals surface area contributed by atoms with Gasteiger partial charge in [-0.3, -0.25) is 9.48 Å². The molecular formula is C11H16IN3O. The van der Waals surface area contributed by atoms with E-state index in [0.717, 1.165) is 22.1 Å². The Morgan fingerprint density at radius 3 is 2.81 bits per heavy atom. The molecule has 1 aliphatic rings. The molecule has 1 aromatic rings. The maximum atomic E-state index is 11.9. The quantitative estimate of drug-likeness (QED) is 0.858. The minimum absolute atomic E-state index is 0.125. The SMILES string of the molecule is Cn1cc(I)c(CNC(=O)C2(C)CCC2)n1. The molecule has 16 heavy (non-hydrogen) atoms. The first-order chi connectivity index (χ1) is 7.51. The standard InChI is InChI=1S/C11H16IN3O/c1-11(4-3-5-11)10(16)13-6-9-8(12)7-15(2)14-9/h7H,3-6H2,1-2H3,(H,13,16). The van der Waals surface area contributed by atoms with Crippen LogP contribution < -0.4 is 5.32 Å². The second-order valence-corrected chi connectivity index (χ2v) is 5.86. The molecule has 1 saturated carbocycles. The van der Waals surface area contributed by atoms with Gasteiger partial charge in [-0.15, -0.1) is 0 Å². The number of carbonyl (C=O) groups excluding carboxylic acids is 1. The second kappa shape index (κ2) is 4.35. The number of carbonyl (C=O) groups is 1. The van der Waals surface area contributed by atoms with Crippen molar-refractivity contribution >= 4 is 28.5 Å². The van der Waals surface area contributed by atoms with Gasteiger partial charge in [0.25, 0.3) is 0 Å². The Bertz CT molecular complexity index is 409. The van der Waals surface area contributed by atoms with Gasteiger partial charge in [-0.1, -0.05) is 13.3 Å². The molecular weight excluding hydrogens is 317 g/mol. The van der Waals surface area contributed by atoms with Crippen LogP contribution in [-0.2, 0) is 18.4 Å². The van der Waals surface area contributed by atoms with Gasteiger partial charge in [-0.2, -0.15) is 5.10 Å². The van der Waals surface area contributed by atoms with E-state index in [-0.39, 0.29) is 11.3 Å². The number of rotatable bonds is 3. The fourth-order valence-electron chi connectivity index (χ4n) is 1.94. The largest absolute Gasteiger partial charge is 0.350 e. The van der Waals surface area contributed by atoms with Crippen LogP contribution >= 0.6 is 22.6 Å². The fraction of sp³-hybridized carbons (Fsp3) is 0.636. The number of hydrogen-bond acceptors (Lipinski definition) is 2. The minimum atomic E-state index is -0.125. The Hall–Kier alpha value is -0.590. The summed E-state index contributed by atoms with van der Waals surface area (Å²) in [6, 6.07) is 0. The van der Waals surface area contributed by atoms with Crippen molar-refractivity contribution in [3.63, 3.8) is 0 Å². The van der Waals surface area contributed by atoms with Crippen LogP contribution in [0.5, 0.6) is 0 Å². The zero-order valence-corrected chi connectivity index (χ0v) is 11.7. The Balaban J connectivity index is 1.92. The van der Waals surface area contributed by atoms with Crippen molar-refractivity contribution < 1.29 is 4.79 Å². The van der Waals surface area contributed by atoms with E-state index in [2.05, 4.69) is 33.0 Å². The summed E-state index contributed by atoms with van der Waals surface area (Å²) >= 11 is 2.24. The Morgan fingerprint density at radius 1 is 1.69 bits per heavy atom. The molecule has 0 unspecified atom stereocenters. The lowest BCUT2D eigenvalue weighted by Crippen LogP contribution is -2.43. The molecule has 0 bridgehead atoms. The molecule has 1 N–H and O–H groups in total. The van der Waals surface area contributed by atoms with E-state index < -0.39 is 0 Å². The van der Waals surface area contributed by atoms with Crippen LogP contribution in [-0.4, -0.2) is 15.7 Å². The first-order valence-electron chi connectivity index (χ1n) is 5.48. The van der Waals surface area contributed by atoms with Crippen LogP contribution in [0.2, 0.25) is 0 Å². The van der Waals surface area contributed by atoms with Gasteiger partial charge >= 0.3 is 0 Å². The molecule has 2 rings (SSSR count). The normalized spacial score (nSPS) is 17.9. The van der Waals surface area contributed by atoms with Gasteiger partial charge in [-0.05, 0) is 35.4 Å². The average molecular weight is 333 g/mol. The maximum Gasteiger partial charge on any atom is 0.226 e. The predicted molar refractivity (Wildman–Crippen MR) is 69.7 cm³/mol. The highest BCUT2D eigenvalue weighted by Gasteiger charge is 2.38. The number of amides is 1. The van der Waals surface area contributed by atoms with Crippen molar-refractivity contribution in [1.82, 2.24) is 15.1 Å². The topological polar surface area (TPSA) is 46.9 Å². The van der Waals surface area contributed by atoms with Crippen molar-refractivity contribution in [3.05, 3.63) is 15.5 Å². The third kappa shape index (κ3) is 2.23. The van der Waals surface area contributed by atoms with E-state index in [1.165, 1.54) is 6.42 Å². The van der Waals surface area contributed by atoms with Gasteiger partial charge in [0.2, 0.25) is 5.91 Å². The molecule has 0 spiro atoms. The number of nitrogens with one attached hydrogen (secondary N) is 1. The molecule has 5 heteroatoms. The lowest BCUT2D eigenvalue weighted by molar-refractivity contribution is -0.134. The van der Waals surface area contributed by atoms with E-state index in [9.17, 15) is 4.79 Å². The summed E-state index contributed by atoms with van der Waals surface area (Å²) in [5.41, 5.74) is 0.819. The van der Waals surface area contributed by atoms with E-state index in [1.54, 1.807) is 4.68 Å². The Kier molecular flexibility index (Phi) is 3.23. The van der Waals surface area contributed by atoms with Gasteiger partial charge in [0.1, 0.15) is 0 Å². The van der Waals surface area contributed by atoms with Crippen LogP contribution in [0.15, 0.2) is 6.20 Å². The summed E-state index contributed by atoms with van der Waals surface area (Å²) in [5, 5.41) is 7.28. The number of aryl methyl sites for hydroxylation is 1. The van der Waals surface area contributed by atoms with Crippen LogP contribution in [0.4, 0.5) is 0 Å². The lowest BCUT2D eigenvalue weighted by Gasteiger charge is -2.36. The average Bonchev–Trinajstić information content (AvgIpc) is 2.50. The number of aromatic nitrogens is 2. The van der Waals surface area contributed by atoms with Gasteiger partial charge < -0.3 is 5.32 Å². The first-order valence-corrected chi connectivity index (χ1v) is 6.55. The molecule has 0 atom stereocenters. The summed E-state index contributed by atoms with van der Waals surface area (Å²) in [6.45, 7) is 2.57. The summed E-state index contributed by atoms with van der Waals surface area (Å²) in [5.74, 6) is 0.167. The van der Waals surface area contributed by atoms with Gasteiger partial charge in [0, 0.05) is 18.7 Å². The van der Waals surface area contributed by atoms with Crippen molar-refractivity contribution in [2.24, 2.45) is 12.5 Å². The zero-order chi connectivity index (χ0) is 11.8. The van der Waals surface area contributed by atoms with Crippen LogP contribution in [0.25, 0.3) is 0 Å². The summed E-state index contributed by atoms with van der Waals surface area (Å²) in [6.07, 6.45) is 5.15. The molecule has 1 fully saturated rings. The number of nitrogens with zero attached hydrogens (tertiary/aromatic N) is 2. The van der Waals surface area contributed by atoms with Crippen LogP contribution in [0.1, 0.15) is 31.9 Å². The van der Waals surface area contributed by atoms with E-state index >= 15 is 0 Å². The van der Waals surface area contributed by atoms with Crippen LogP contribution in [0.3, 0.4) is 0 Å². The van der Waals surface area contributed by atoms with Crippen molar-refractivity contribution in [2.75, 3.05) is 0 Å². The molecule has 1 heterocycles. The third-order valence-electron chi connectivity index (χ3n) is 3.28. The summed E-state index contributed by atoms with van der Waals surface area (Å²) < 4.78 is 2.87. The zero-order valence-electron chi connectivity index (χ0n) is 9.59. The monoisotopic (exact) mass is 333 g/mol. The van der Waals surface area contributed by atoms with Gasteiger partial charge in [-0.25, -0.2) is 0 Å². The van der Waals surface area contributed by atoms with Crippen molar-refractivity contribution in [1.29, 1.82) is 0 Å². The minimum Gasteiger partial charge on any atom is -0.350 e. The summed E-state index contributed by atoms with van der Waals surface area (Å²) in [7, 11) is 1.89. The molecule has 1 amide bonds. The number of hydrogen-bond donors (Lipinski definition) is 1. The van der Waals surface area contributed by atoms with Crippen molar-refractivity contribution in [2.45, 2.75) is 32.7 Å². The Morgan fingerprint density at radius 2 is 2.38 bits per heavy atom. The highest BCUT2D eigenvalue weighted by molar-refractivity contribution is 14.1. The number of halogens is 1. The van der Waals surface area contributed by atoms with E-state index in [1.807, 2.05) is 20.2 Å². The lowest BCUT2D eigenvalue weighted by atomic mass is 9.70. The molecule has 88 valence electrons. The van der Waals surface area contributed by atoms with Crippen molar-refractivity contribution in [3.8, 4) is 0 Å². The molecule has 0 aromatic carbocycles. The predicted octanol–water partition coefficient (Wildman–Crippen LogP) is 1.83. The van der Waals surface area contributed by atoms with Gasteiger partial charge in [0.05, 0.1) is 15.8 Å². The first kappa shape index (κ1) is 11.9. The molecule has 0 aliphatic heterocycles. The molecule has 4 nitrogen and oxygen atoms in total. The molecule has 0 radical (unpaired) electrons. The second-order valence-electron chi connectivity index (χ2n) is 4.69. The molecule has 1 aliphatic carbocycles.